The first-order chi connectivity index (χ1) is 14.9. The number of aryl methyl sites for hydroxylation is 1. The van der Waals surface area contributed by atoms with Gasteiger partial charge in [-0.3, -0.25) is 14.3 Å². The van der Waals surface area contributed by atoms with Crippen molar-refractivity contribution in [3.63, 3.8) is 0 Å². The highest BCUT2D eigenvalue weighted by molar-refractivity contribution is 5.83. The van der Waals surface area contributed by atoms with Gasteiger partial charge in [0.15, 0.2) is 0 Å². The third-order valence-electron chi connectivity index (χ3n) is 6.38. The number of carboxylic acid groups (broad SMARTS) is 1. The number of aromatic nitrogens is 2. The Morgan fingerprint density at radius 1 is 1.26 bits per heavy atom. The van der Waals surface area contributed by atoms with Gasteiger partial charge in [-0.2, -0.15) is 10.4 Å². The molecule has 7 heteroatoms. The number of esters is 1. The van der Waals surface area contributed by atoms with Crippen molar-refractivity contribution in [2.24, 2.45) is 0 Å². The fourth-order valence-electron chi connectivity index (χ4n) is 4.65. The molecule has 2 aromatic rings. The Morgan fingerprint density at radius 2 is 1.97 bits per heavy atom. The van der Waals surface area contributed by atoms with E-state index in [1.807, 2.05) is 18.2 Å². The first-order valence-corrected chi connectivity index (χ1v) is 11.2. The molecule has 3 rings (SSSR count). The summed E-state index contributed by atoms with van der Waals surface area (Å²) in [6.07, 6.45) is 5.67. The lowest BCUT2D eigenvalue weighted by Crippen LogP contribution is -2.27. The number of fused-ring (bicyclic) bond motifs is 1. The van der Waals surface area contributed by atoms with Gasteiger partial charge in [0.25, 0.3) is 0 Å². The molecule has 1 saturated carbocycles. The highest BCUT2D eigenvalue weighted by Crippen LogP contribution is 2.38. The number of benzene rings is 1. The summed E-state index contributed by atoms with van der Waals surface area (Å²) >= 11 is 0. The molecular formula is C24H31N3O4. The van der Waals surface area contributed by atoms with Crippen LogP contribution in [0, 0.1) is 11.3 Å². The quantitative estimate of drug-likeness (QED) is 0.554. The largest absolute Gasteiger partial charge is 0.481 e. The van der Waals surface area contributed by atoms with E-state index in [1.54, 1.807) is 6.92 Å². The molecule has 166 valence electrons. The van der Waals surface area contributed by atoms with Crippen molar-refractivity contribution in [3.05, 3.63) is 29.5 Å². The number of nitrogens with zero attached hydrogens (tertiary/aromatic N) is 3. The zero-order valence-electron chi connectivity index (χ0n) is 18.4. The second-order valence-corrected chi connectivity index (χ2v) is 8.31. The first kappa shape index (κ1) is 22.8. The molecule has 1 N–H and O–H groups in total. The smallest absolute Gasteiger partial charge is 0.305 e. The van der Waals surface area contributed by atoms with E-state index in [0.29, 0.717) is 6.04 Å². The Morgan fingerprint density at radius 3 is 2.58 bits per heavy atom. The van der Waals surface area contributed by atoms with Crippen molar-refractivity contribution in [1.82, 2.24) is 9.78 Å². The van der Waals surface area contributed by atoms with Crippen molar-refractivity contribution in [2.75, 3.05) is 6.61 Å². The fraction of sp³-hybridized carbons (Fsp3) is 0.583. The Bertz CT molecular complexity index is 985. The summed E-state index contributed by atoms with van der Waals surface area (Å²) < 4.78 is 7.15. The highest BCUT2D eigenvalue weighted by Gasteiger charge is 2.35. The van der Waals surface area contributed by atoms with Crippen LogP contribution >= 0.6 is 0 Å². The molecule has 0 spiro atoms. The number of carbonyl (C=O) groups is 2. The summed E-state index contributed by atoms with van der Waals surface area (Å²) in [5.74, 6) is -1.33. The summed E-state index contributed by atoms with van der Waals surface area (Å²) in [5.41, 5.74) is 1.70. The Balaban J connectivity index is 2.05. The first-order valence-electron chi connectivity index (χ1n) is 11.2. The van der Waals surface area contributed by atoms with Crippen LogP contribution in [0.1, 0.15) is 82.5 Å². The lowest BCUT2D eigenvalue weighted by Gasteiger charge is -2.27. The van der Waals surface area contributed by atoms with E-state index in [4.69, 9.17) is 9.84 Å². The molecule has 0 radical (unpaired) electrons. The van der Waals surface area contributed by atoms with E-state index in [1.165, 1.54) is 12.8 Å². The second kappa shape index (κ2) is 9.95. The Labute approximate surface area is 183 Å². The van der Waals surface area contributed by atoms with Gasteiger partial charge in [-0.15, -0.1) is 0 Å². The normalized spacial score (nSPS) is 16.2. The average Bonchev–Trinajstić information content (AvgIpc) is 3.41. The fourth-order valence-corrected chi connectivity index (χ4v) is 4.65. The average molecular weight is 426 g/mol. The van der Waals surface area contributed by atoms with Crippen LogP contribution in [0.15, 0.2) is 18.2 Å². The van der Waals surface area contributed by atoms with E-state index >= 15 is 0 Å². The third kappa shape index (κ3) is 4.90. The van der Waals surface area contributed by atoms with E-state index in [-0.39, 0.29) is 38.3 Å². The molecule has 1 atom stereocenters. The molecule has 1 aromatic carbocycles. The van der Waals surface area contributed by atoms with Gasteiger partial charge in [-0.05, 0) is 50.7 Å². The van der Waals surface area contributed by atoms with E-state index in [0.717, 1.165) is 41.4 Å². The zero-order valence-corrected chi connectivity index (χ0v) is 18.4. The van der Waals surface area contributed by atoms with Crippen molar-refractivity contribution in [1.29, 1.82) is 5.26 Å². The van der Waals surface area contributed by atoms with Gasteiger partial charge >= 0.3 is 11.9 Å². The molecule has 1 aromatic heterocycles. The van der Waals surface area contributed by atoms with Gasteiger partial charge < -0.3 is 9.84 Å². The standard InChI is InChI=1S/C24H31N3O4/c1-3-20-19-10-9-17(15-21(19)27(26-20)18-7-5-6-8-18)24(16-25,13-11-22(28)29)14-12-23(30)31-4-2/h9-10,15,18H,3-8,11-14H2,1-2H3,(H,28,29). The number of carboxylic acids is 1. The molecule has 1 unspecified atom stereocenters. The molecule has 1 aliphatic rings. The summed E-state index contributed by atoms with van der Waals surface area (Å²) in [7, 11) is 0. The highest BCUT2D eigenvalue weighted by atomic mass is 16.5. The topological polar surface area (TPSA) is 105 Å². The van der Waals surface area contributed by atoms with Gasteiger partial charge in [-0.25, -0.2) is 0 Å². The van der Waals surface area contributed by atoms with E-state index < -0.39 is 11.4 Å². The number of carbonyl (C=O) groups excluding carboxylic acids is 1. The molecule has 0 saturated heterocycles. The zero-order chi connectivity index (χ0) is 22.4. The summed E-state index contributed by atoms with van der Waals surface area (Å²) in [5, 5.41) is 25.4. The minimum atomic E-state index is -1.07. The monoisotopic (exact) mass is 425 g/mol. The van der Waals surface area contributed by atoms with Crippen LogP contribution in [0.5, 0.6) is 0 Å². The molecule has 1 aliphatic carbocycles. The maximum Gasteiger partial charge on any atom is 0.305 e. The van der Waals surface area contributed by atoms with Crippen LogP contribution < -0.4 is 0 Å². The molecule has 0 aliphatic heterocycles. The van der Waals surface area contributed by atoms with Crippen LogP contribution in [0.2, 0.25) is 0 Å². The number of hydrogen-bond acceptors (Lipinski definition) is 5. The summed E-state index contributed by atoms with van der Waals surface area (Å²) in [4.78, 5) is 23.3. The van der Waals surface area contributed by atoms with Gasteiger partial charge in [0, 0.05) is 18.2 Å². The molecule has 1 heterocycles. The SMILES string of the molecule is CCOC(=O)CCC(C#N)(CCC(=O)O)c1ccc2c(CC)nn(C3CCCC3)c2c1. The number of hydrogen-bond donors (Lipinski definition) is 1. The van der Waals surface area contributed by atoms with Crippen molar-refractivity contribution in [2.45, 2.75) is 83.1 Å². The van der Waals surface area contributed by atoms with Crippen LogP contribution in [0.3, 0.4) is 0 Å². The van der Waals surface area contributed by atoms with Crippen LogP contribution in [0.25, 0.3) is 10.9 Å². The van der Waals surface area contributed by atoms with Gasteiger partial charge in [-0.1, -0.05) is 31.9 Å². The maximum absolute atomic E-state index is 12.0. The number of nitriles is 1. The minimum absolute atomic E-state index is 0.0706. The van der Waals surface area contributed by atoms with Crippen LogP contribution in [-0.4, -0.2) is 33.4 Å². The van der Waals surface area contributed by atoms with Crippen LogP contribution in [-0.2, 0) is 26.2 Å². The van der Waals surface area contributed by atoms with Crippen LogP contribution in [0.4, 0.5) is 0 Å². The van der Waals surface area contributed by atoms with E-state index in [2.05, 4.69) is 17.7 Å². The number of ether oxygens (including phenoxy) is 1. The summed E-state index contributed by atoms with van der Waals surface area (Å²) in [6.45, 7) is 4.10. The van der Waals surface area contributed by atoms with E-state index in [9.17, 15) is 20.0 Å². The lowest BCUT2D eigenvalue weighted by atomic mass is 9.74. The summed E-state index contributed by atoms with van der Waals surface area (Å²) in [6, 6.07) is 8.61. The number of rotatable bonds is 10. The van der Waals surface area contributed by atoms with Crippen molar-refractivity contribution < 1.29 is 19.4 Å². The van der Waals surface area contributed by atoms with Crippen molar-refractivity contribution >= 4 is 22.8 Å². The number of aliphatic carboxylic acids is 1. The van der Waals surface area contributed by atoms with Gasteiger partial charge in [0.1, 0.15) is 0 Å². The minimum Gasteiger partial charge on any atom is -0.481 e. The lowest BCUT2D eigenvalue weighted by molar-refractivity contribution is -0.143. The maximum atomic E-state index is 12.0. The molecule has 7 nitrogen and oxygen atoms in total. The predicted molar refractivity (Wildman–Crippen MR) is 117 cm³/mol. The molecule has 31 heavy (non-hydrogen) atoms. The molecule has 0 amide bonds. The van der Waals surface area contributed by atoms with Crippen molar-refractivity contribution in [3.8, 4) is 6.07 Å². The molecule has 1 fully saturated rings. The predicted octanol–water partition coefficient (Wildman–Crippen LogP) is 4.68. The second-order valence-electron chi connectivity index (χ2n) is 8.31. The van der Waals surface area contributed by atoms with Gasteiger partial charge in [0.05, 0.1) is 35.3 Å². The van der Waals surface area contributed by atoms with Gasteiger partial charge in [0.2, 0.25) is 0 Å². The molecule has 0 bridgehead atoms. The Hall–Kier alpha value is -2.88. The Kier molecular flexibility index (Phi) is 7.32. The third-order valence-corrected chi connectivity index (χ3v) is 6.38. The molecular weight excluding hydrogens is 394 g/mol.